The van der Waals surface area contributed by atoms with Crippen LogP contribution in [0.1, 0.15) is 24.2 Å². The Bertz CT molecular complexity index is 486. The fraction of sp³-hybridized carbons (Fsp3) is 0.333. The van der Waals surface area contributed by atoms with Crippen molar-refractivity contribution in [2.45, 2.75) is 19.4 Å². The van der Waals surface area contributed by atoms with Gasteiger partial charge in [0.2, 0.25) is 11.8 Å². The summed E-state index contributed by atoms with van der Waals surface area (Å²) in [5.74, 6) is -1.72. The van der Waals surface area contributed by atoms with Gasteiger partial charge in [-0.1, -0.05) is 0 Å². The molecule has 0 radical (unpaired) electrons. The van der Waals surface area contributed by atoms with E-state index in [0.717, 1.165) is 6.07 Å². The summed E-state index contributed by atoms with van der Waals surface area (Å²) >= 11 is 0. The molecule has 0 saturated carbocycles. The molecule has 0 heterocycles. The van der Waals surface area contributed by atoms with Crippen LogP contribution in [0.25, 0.3) is 0 Å². The van der Waals surface area contributed by atoms with Gasteiger partial charge in [-0.05, 0) is 39.1 Å². The highest BCUT2D eigenvalue weighted by molar-refractivity contribution is 5.99. The summed E-state index contributed by atoms with van der Waals surface area (Å²) in [4.78, 5) is 22.8. The van der Waals surface area contributed by atoms with E-state index in [0.29, 0.717) is 0 Å². The van der Waals surface area contributed by atoms with Crippen LogP contribution in [0.2, 0.25) is 0 Å². The van der Waals surface area contributed by atoms with E-state index in [9.17, 15) is 14.0 Å². The first-order valence-corrected chi connectivity index (χ1v) is 5.37. The lowest BCUT2D eigenvalue weighted by Gasteiger charge is -2.23. The number of hydrogen-bond donors (Lipinski definition) is 3. The molecule has 18 heavy (non-hydrogen) atoms. The van der Waals surface area contributed by atoms with Crippen molar-refractivity contribution in [3.63, 3.8) is 0 Å². The molecule has 1 aromatic carbocycles. The average Bonchev–Trinajstić information content (AvgIpc) is 2.31. The van der Waals surface area contributed by atoms with Gasteiger partial charge in [0.15, 0.2) is 0 Å². The molecule has 0 aliphatic carbocycles. The molecule has 0 spiro atoms. The lowest BCUT2D eigenvalue weighted by Crippen LogP contribution is -2.48. The second kappa shape index (κ2) is 5.14. The Labute approximate surface area is 105 Å². The van der Waals surface area contributed by atoms with Gasteiger partial charge in [0, 0.05) is 5.56 Å². The molecule has 6 heteroatoms. The third kappa shape index (κ3) is 3.04. The zero-order valence-corrected chi connectivity index (χ0v) is 10.5. The largest absolute Gasteiger partial charge is 0.366 e. The highest BCUT2D eigenvalue weighted by atomic mass is 19.1. The summed E-state index contributed by atoms with van der Waals surface area (Å²) in [5.41, 5.74) is 4.30. The average molecular weight is 253 g/mol. The molecular weight excluding hydrogens is 237 g/mol. The highest BCUT2D eigenvalue weighted by Crippen LogP contribution is 2.17. The third-order valence-electron chi connectivity index (χ3n) is 2.69. The molecule has 2 amide bonds. The van der Waals surface area contributed by atoms with Gasteiger partial charge in [-0.2, -0.15) is 0 Å². The minimum Gasteiger partial charge on any atom is -0.366 e. The maximum Gasteiger partial charge on any atom is 0.248 e. The van der Waals surface area contributed by atoms with Crippen LogP contribution < -0.4 is 16.4 Å². The van der Waals surface area contributed by atoms with Crippen molar-refractivity contribution in [2.75, 3.05) is 12.4 Å². The van der Waals surface area contributed by atoms with E-state index in [-0.39, 0.29) is 11.3 Å². The van der Waals surface area contributed by atoms with Gasteiger partial charge in [-0.25, -0.2) is 4.39 Å². The van der Waals surface area contributed by atoms with Gasteiger partial charge in [-0.15, -0.1) is 0 Å². The van der Waals surface area contributed by atoms with Crippen LogP contribution in [0, 0.1) is 5.82 Å². The molecular formula is C12H16FN3O2. The number of hydrogen-bond acceptors (Lipinski definition) is 3. The molecule has 0 fully saturated rings. The third-order valence-corrected chi connectivity index (χ3v) is 2.69. The maximum atomic E-state index is 13.5. The summed E-state index contributed by atoms with van der Waals surface area (Å²) in [6.45, 7) is 3.30. The van der Waals surface area contributed by atoms with Crippen LogP contribution in [0.5, 0.6) is 0 Å². The first-order valence-electron chi connectivity index (χ1n) is 5.37. The predicted molar refractivity (Wildman–Crippen MR) is 66.7 cm³/mol. The van der Waals surface area contributed by atoms with Crippen LogP contribution in [-0.4, -0.2) is 24.4 Å². The SMILES string of the molecule is CNC(C)(C)C(=O)Nc1cc(C(N)=O)ccc1F. The predicted octanol–water partition coefficient (Wildman–Crippen LogP) is 0.861. The number of halogens is 1. The van der Waals surface area contributed by atoms with E-state index in [1.165, 1.54) is 12.1 Å². The minimum atomic E-state index is -0.852. The Balaban J connectivity index is 3.01. The molecule has 4 N–H and O–H groups in total. The zero-order valence-electron chi connectivity index (χ0n) is 10.5. The summed E-state index contributed by atoms with van der Waals surface area (Å²) < 4.78 is 13.5. The summed E-state index contributed by atoms with van der Waals surface area (Å²) in [6, 6.07) is 3.56. The summed E-state index contributed by atoms with van der Waals surface area (Å²) in [6.07, 6.45) is 0. The Morgan fingerprint density at radius 2 is 1.94 bits per heavy atom. The van der Waals surface area contributed by atoms with Gasteiger partial charge in [0.05, 0.1) is 11.2 Å². The molecule has 1 aromatic rings. The van der Waals surface area contributed by atoms with Crippen LogP contribution >= 0.6 is 0 Å². The van der Waals surface area contributed by atoms with E-state index in [1.54, 1.807) is 20.9 Å². The van der Waals surface area contributed by atoms with Crippen molar-refractivity contribution in [3.8, 4) is 0 Å². The van der Waals surface area contributed by atoms with E-state index in [1.807, 2.05) is 0 Å². The van der Waals surface area contributed by atoms with E-state index < -0.39 is 23.2 Å². The standard InChI is InChI=1S/C12H16FN3O2/c1-12(2,15-3)11(18)16-9-6-7(10(14)17)4-5-8(9)13/h4-6,15H,1-3H3,(H2,14,17)(H,16,18). The summed E-state index contributed by atoms with van der Waals surface area (Å²) in [5, 5.41) is 5.20. The van der Waals surface area contributed by atoms with Crippen molar-refractivity contribution in [1.82, 2.24) is 5.32 Å². The Morgan fingerprint density at radius 3 is 2.44 bits per heavy atom. The number of amides is 2. The molecule has 0 aromatic heterocycles. The Hall–Kier alpha value is -1.95. The smallest absolute Gasteiger partial charge is 0.248 e. The number of nitrogens with two attached hydrogens (primary N) is 1. The first kappa shape index (κ1) is 14.1. The van der Waals surface area contributed by atoms with Gasteiger partial charge < -0.3 is 16.4 Å². The van der Waals surface area contributed by atoms with Crippen molar-refractivity contribution in [1.29, 1.82) is 0 Å². The Kier molecular flexibility index (Phi) is 4.03. The normalized spacial score (nSPS) is 11.1. The molecule has 5 nitrogen and oxygen atoms in total. The van der Waals surface area contributed by atoms with Crippen molar-refractivity contribution in [3.05, 3.63) is 29.6 Å². The van der Waals surface area contributed by atoms with E-state index >= 15 is 0 Å². The molecule has 0 saturated heterocycles. The number of carbonyl (C=O) groups is 2. The summed E-state index contributed by atoms with van der Waals surface area (Å²) in [7, 11) is 1.62. The highest BCUT2D eigenvalue weighted by Gasteiger charge is 2.26. The zero-order chi connectivity index (χ0) is 13.9. The molecule has 0 bridgehead atoms. The van der Waals surface area contributed by atoms with Crippen LogP contribution in [-0.2, 0) is 4.79 Å². The van der Waals surface area contributed by atoms with E-state index in [2.05, 4.69) is 10.6 Å². The molecule has 0 atom stereocenters. The Morgan fingerprint density at radius 1 is 1.33 bits per heavy atom. The number of anilines is 1. The van der Waals surface area contributed by atoms with Crippen molar-refractivity contribution < 1.29 is 14.0 Å². The number of rotatable bonds is 4. The van der Waals surface area contributed by atoms with Gasteiger partial charge in [0.1, 0.15) is 5.82 Å². The van der Waals surface area contributed by atoms with Crippen molar-refractivity contribution in [2.24, 2.45) is 5.73 Å². The van der Waals surface area contributed by atoms with Crippen LogP contribution in [0.4, 0.5) is 10.1 Å². The van der Waals surface area contributed by atoms with Crippen LogP contribution in [0.15, 0.2) is 18.2 Å². The number of likely N-dealkylation sites (N-methyl/N-ethyl adjacent to an activating group) is 1. The van der Waals surface area contributed by atoms with Crippen LogP contribution in [0.3, 0.4) is 0 Å². The number of carbonyl (C=O) groups excluding carboxylic acids is 2. The number of nitrogens with one attached hydrogen (secondary N) is 2. The monoisotopic (exact) mass is 253 g/mol. The minimum absolute atomic E-state index is 0.0698. The molecule has 0 unspecified atom stereocenters. The molecule has 0 aliphatic heterocycles. The topological polar surface area (TPSA) is 84.2 Å². The lowest BCUT2D eigenvalue weighted by atomic mass is 10.0. The van der Waals surface area contributed by atoms with Gasteiger partial charge >= 0.3 is 0 Å². The number of primary amides is 1. The quantitative estimate of drug-likeness (QED) is 0.744. The number of benzene rings is 1. The second-order valence-electron chi connectivity index (χ2n) is 4.39. The molecule has 1 rings (SSSR count). The van der Waals surface area contributed by atoms with Gasteiger partial charge in [0.25, 0.3) is 0 Å². The van der Waals surface area contributed by atoms with E-state index in [4.69, 9.17) is 5.73 Å². The molecule has 0 aliphatic rings. The van der Waals surface area contributed by atoms with Crippen molar-refractivity contribution >= 4 is 17.5 Å². The maximum absolute atomic E-state index is 13.5. The lowest BCUT2D eigenvalue weighted by molar-refractivity contribution is -0.121. The second-order valence-corrected chi connectivity index (χ2v) is 4.39. The first-order chi connectivity index (χ1) is 8.27. The fourth-order valence-electron chi connectivity index (χ4n) is 1.17. The van der Waals surface area contributed by atoms with Gasteiger partial charge in [-0.3, -0.25) is 9.59 Å². The molecule has 98 valence electrons. The fourth-order valence-corrected chi connectivity index (χ4v) is 1.17.